The zero-order valence-corrected chi connectivity index (χ0v) is 14.2. The lowest BCUT2D eigenvalue weighted by Gasteiger charge is -2.25. The van der Waals surface area contributed by atoms with Crippen LogP contribution in [0.4, 0.5) is 5.82 Å². The Kier molecular flexibility index (Phi) is 5.29. The molecule has 0 radical (unpaired) electrons. The lowest BCUT2D eigenvalue weighted by molar-refractivity contribution is 0.248. The van der Waals surface area contributed by atoms with Crippen LogP contribution in [-0.2, 0) is 6.54 Å². The Balaban J connectivity index is 1.67. The van der Waals surface area contributed by atoms with Crippen molar-refractivity contribution in [1.82, 2.24) is 9.88 Å². The molecule has 23 heavy (non-hydrogen) atoms. The summed E-state index contributed by atoms with van der Waals surface area (Å²) in [5.74, 6) is 0.982. The number of anilines is 1. The third kappa shape index (κ3) is 4.11. The number of aromatic nitrogens is 1. The zero-order chi connectivity index (χ0) is 16.1. The van der Waals surface area contributed by atoms with Gasteiger partial charge in [0.05, 0.1) is 0 Å². The number of pyridine rings is 1. The van der Waals surface area contributed by atoms with Crippen LogP contribution in [0.25, 0.3) is 0 Å². The fraction of sp³-hybridized carbons (Fsp3) is 0.450. The van der Waals surface area contributed by atoms with Crippen molar-refractivity contribution in [3.05, 3.63) is 59.8 Å². The number of rotatable bonds is 6. The molecule has 0 unspecified atom stereocenters. The van der Waals surface area contributed by atoms with E-state index in [9.17, 15) is 0 Å². The molecule has 2 atom stereocenters. The highest BCUT2D eigenvalue weighted by atomic mass is 15.2. The van der Waals surface area contributed by atoms with E-state index < -0.39 is 0 Å². The van der Waals surface area contributed by atoms with Crippen LogP contribution in [0.1, 0.15) is 50.3 Å². The number of benzene rings is 1. The normalized spacial score (nSPS) is 19.7. The molecule has 122 valence electrons. The monoisotopic (exact) mass is 309 g/mol. The molecule has 1 aromatic carbocycles. The fourth-order valence-corrected chi connectivity index (χ4v) is 3.25. The standard InChI is InChI=1S/C20H27N3/c1-3-16(2)22-20-12-11-18(14-21-20)19-10-7-13-23(19)15-17-8-5-4-6-9-17/h4-6,8-9,11-12,14,16,19H,3,7,10,13,15H2,1-2H3,(H,21,22)/t16-,19+/m1/s1. The number of hydrogen-bond donors (Lipinski definition) is 1. The van der Waals surface area contributed by atoms with E-state index in [2.05, 4.69) is 77.7 Å². The smallest absolute Gasteiger partial charge is 0.126 e. The van der Waals surface area contributed by atoms with E-state index >= 15 is 0 Å². The minimum Gasteiger partial charge on any atom is -0.368 e. The second-order valence-corrected chi connectivity index (χ2v) is 6.54. The van der Waals surface area contributed by atoms with Crippen molar-refractivity contribution in [3.8, 4) is 0 Å². The number of hydrogen-bond acceptors (Lipinski definition) is 3. The average Bonchev–Trinajstić information content (AvgIpc) is 3.04. The fourth-order valence-electron chi connectivity index (χ4n) is 3.25. The molecule has 0 spiro atoms. The minimum absolute atomic E-state index is 0.467. The van der Waals surface area contributed by atoms with Gasteiger partial charge in [-0.1, -0.05) is 43.3 Å². The van der Waals surface area contributed by atoms with E-state index in [1.54, 1.807) is 0 Å². The second kappa shape index (κ2) is 7.60. The van der Waals surface area contributed by atoms with Gasteiger partial charge in [0.2, 0.25) is 0 Å². The summed E-state index contributed by atoms with van der Waals surface area (Å²) in [6.45, 7) is 6.57. The van der Waals surface area contributed by atoms with Gasteiger partial charge >= 0.3 is 0 Å². The Morgan fingerprint density at radius 3 is 2.74 bits per heavy atom. The van der Waals surface area contributed by atoms with Crippen molar-refractivity contribution >= 4 is 5.82 Å². The van der Waals surface area contributed by atoms with Crippen molar-refractivity contribution in [1.29, 1.82) is 0 Å². The van der Waals surface area contributed by atoms with Crippen molar-refractivity contribution in [2.45, 2.75) is 51.7 Å². The molecule has 1 fully saturated rings. The summed E-state index contributed by atoms with van der Waals surface area (Å²) < 4.78 is 0. The van der Waals surface area contributed by atoms with Crippen molar-refractivity contribution < 1.29 is 0 Å². The molecular weight excluding hydrogens is 282 g/mol. The summed E-state index contributed by atoms with van der Waals surface area (Å²) in [5.41, 5.74) is 2.73. The summed E-state index contributed by atoms with van der Waals surface area (Å²) >= 11 is 0. The van der Waals surface area contributed by atoms with Gasteiger partial charge in [0.25, 0.3) is 0 Å². The maximum absolute atomic E-state index is 4.61. The Bertz CT molecular complexity index is 594. The van der Waals surface area contributed by atoms with Gasteiger partial charge in [-0.3, -0.25) is 4.90 Å². The maximum atomic E-state index is 4.61. The van der Waals surface area contributed by atoms with E-state index in [1.807, 2.05) is 0 Å². The molecular formula is C20H27N3. The van der Waals surface area contributed by atoms with Crippen molar-refractivity contribution in [2.75, 3.05) is 11.9 Å². The largest absolute Gasteiger partial charge is 0.368 e. The first-order valence-electron chi connectivity index (χ1n) is 8.76. The first-order valence-corrected chi connectivity index (χ1v) is 8.76. The average molecular weight is 309 g/mol. The topological polar surface area (TPSA) is 28.2 Å². The molecule has 1 N–H and O–H groups in total. The van der Waals surface area contributed by atoms with Crippen LogP contribution in [0.3, 0.4) is 0 Å². The Morgan fingerprint density at radius 2 is 2.04 bits per heavy atom. The lowest BCUT2D eigenvalue weighted by Crippen LogP contribution is -2.23. The van der Waals surface area contributed by atoms with Crippen molar-refractivity contribution in [2.24, 2.45) is 0 Å². The summed E-state index contributed by atoms with van der Waals surface area (Å²) in [5, 5.41) is 3.44. The molecule has 1 aliphatic rings. The van der Waals surface area contributed by atoms with Gasteiger partial charge in [-0.2, -0.15) is 0 Å². The van der Waals surface area contributed by atoms with E-state index in [-0.39, 0.29) is 0 Å². The molecule has 3 heteroatoms. The second-order valence-electron chi connectivity index (χ2n) is 6.54. The van der Waals surface area contributed by atoms with Gasteiger partial charge in [-0.05, 0) is 49.9 Å². The number of nitrogens with one attached hydrogen (secondary N) is 1. The van der Waals surface area contributed by atoms with Gasteiger partial charge in [-0.15, -0.1) is 0 Å². The molecule has 3 rings (SSSR count). The van der Waals surface area contributed by atoms with Crippen LogP contribution in [0.5, 0.6) is 0 Å². The predicted octanol–water partition coefficient (Wildman–Crippen LogP) is 4.63. The SMILES string of the molecule is CC[C@@H](C)Nc1ccc([C@@H]2CCCN2Cc2ccccc2)cn1. The van der Waals surface area contributed by atoms with Crippen LogP contribution >= 0.6 is 0 Å². The van der Waals surface area contributed by atoms with E-state index in [1.165, 1.54) is 30.5 Å². The summed E-state index contributed by atoms with van der Waals surface area (Å²) in [6.07, 6.45) is 5.66. The lowest BCUT2D eigenvalue weighted by atomic mass is 10.1. The first kappa shape index (κ1) is 16.0. The molecule has 1 aromatic heterocycles. The Hall–Kier alpha value is -1.87. The highest BCUT2D eigenvalue weighted by Crippen LogP contribution is 2.33. The van der Waals surface area contributed by atoms with Gasteiger partial charge in [-0.25, -0.2) is 4.98 Å². The number of nitrogens with zero attached hydrogens (tertiary/aromatic N) is 2. The van der Waals surface area contributed by atoms with E-state index in [4.69, 9.17) is 0 Å². The third-order valence-electron chi connectivity index (χ3n) is 4.77. The van der Waals surface area contributed by atoms with Crippen molar-refractivity contribution in [3.63, 3.8) is 0 Å². The highest BCUT2D eigenvalue weighted by Gasteiger charge is 2.26. The third-order valence-corrected chi connectivity index (χ3v) is 4.77. The molecule has 0 aliphatic carbocycles. The molecule has 3 nitrogen and oxygen atoms in total. The minimum atomic E-state index is 0.467. The summed E-state index contributed by atoms with van der Waals surface area (Å²) in [4.78, 5) is 7.19. The first-order chi connectivity index (χ1) is 11.3. The number of likely N-dealkylation sites (tertiary alicyclic amines) is 1. The van der Waals surface area contributed by atoms with E-state index in [0.717, 1.165) is 18.8 Å². The van der Waals surface area contributed by atoms with Gasteiger partial charge in [0.15, 0.2) is 0 Å². The summed E-state index contributed by atoms with van der Waals surface area (Å²) in [7, 11) is 0. The molecule has 1 aliphatic heterocycles. The van der Waals surface area contributed by atoms with Crippen LogP contribution in [0.2, 0.25) is 0 Å². The molecule has 0 amide bonds. The molecule has 1 saturated heterocycles. The van der Waals surface area contributed by atoms with Gasteiger partial charge in [0.1, 0.15) is 5.82 Å². The summed E-state index contributed by atoms with van der Waals surface area (Å²) in [6, 6.07) is 16.1. The van der Waals surface area contributed by atoms with Gasteiger partial charge in [0, 0.05) is 24.8 Å². The quantitative estimate of drug-likeness (QED) is 0.843. The molecule has 2 heterocycles. The predicted molar refractivity (Wildman–Crippen MR) is 96.4 cm³/mol. The molecule has 0 bridgehead atoms. The zero-order valence-electron chi connectivity index (χ0n) is 14.2. The molecule has 0 saturated carbocycles. The Morgan fingerprint density at radius 1 is 1.22 bits per heavy atom. The molecule has 2 aromatic rings. The Labute approximate surface area is 139 Å². The van der Waals surface area contributed by atoms with Crippen LogP contribution < -0.4 is 5.32 Å². The van der Waals surface area contributed by atoms with Crippen LogP contribution in [0, 0.1) is 0 Å². The maximum Gasteiger partial charge on any atom is 0.126 e. The highest BCUT2D eigenvalue weighted by molar-refractivity contribution is 5.37. The van der Waals surface area contributed by atoms with Crippen LogP contribution in [0.15, 0.2) is 48.7 Å². The van der Waals surface area contributed by atoms with Gasteiger partial charge < -0.3 is 5.32 Å². The van der Waals surface area contributed by atoms with Crippen LogP contribution in [-0.4, -0.2) is 22.5 Å². The van der Waals surface area contributed by atoms with E-state index in [0.29, 0.717) is 12.1 Å².